The van der Waals surface area contributed by atoms with Crippen molar-refractivity contribution in [2.45, 2.75) is 32.8 Å². The minimum atomic E-state index is -0.505. The SMILES string of the molecule is CC(C)(C)OC(=O)Nc1ccc(OCCCN)cc1. The number of anilines is 1. The Morgan fingerprint density at radius 2 is 1.89 bits per heavy atom. The summed E-state index contributed by atoms with van der Waals surface area (Å²) in [5.74, 6) is 0.753. The van der Waals surface area contributed by atoms with Crippen LogP contribution in [0.25, 0.3) is 0 Å². The summed E-state index contributed by atoms with van der Waals surface area (Å²) in [4.78, 5) is 11.5. The number of carbonyl (C=O) groups is 1. The second-order valence-electron chi connectivity index (χ2n) is 5.14. The monoisotopic (exact) mass is 266 g/mol. The molecule has 0 aliphatic heterocycles. The maximum absolute atomic E-state index is 11.5. The molecular weight excluding hydrogens is 244 g/mol. The smallest absolute Gasteiger partial charge is 0.412 e. The van der Waals surface area contributed by atoms with Gasteiger partial charge in [0, 0.05) is 5.69 Å². The van der Waals surface area contributed by atoms with Gasteiger partial charge in [-0.15, -0.1) is 0 Å². The number of hydrogen-bond donors (Lipinski definition) is 2. The summed E-state index contributed by atoms with van der Waals surface area (Å²) >= 11 is 0. The van der Waals surface area contributed by atoms with E-state index in [1.54, 1.807) is 24.3 Å². The summed E-state index contributed by atoms with van der Waals surface area (Å²) in [6.07, 6.45) is 0.349. The van der Waals surface area contributed by atoms with Crippen molar-refractivity contribution in [3.05, 3.63) is 24.3 Å². The second-order valence-corrected chi connectivity index (χ2v) is 5.14. The van der Waals surface area contributed by atoms with Crippen LogP contribution in [0, 0.1) is 0 Å². The van der Waals surface area contributed by atoms with Gasteiger partial charge in [-0.3, -0.25) is 5.32 Å². The first-order chi connectivity index (χ1) is 8.90. The highest BCUT2D eigenvalue weighted by atomic mass is 16.6. The van der Waals surface area contributed by atoms with Crippen molar-refractivity contribution < 1.29 is 14.3 Å². The molecule has 1 aromatic rings. The lowest BCUT2D eigenvalue weighted by atomic mass is 10.2. The van der Waals surface area contributed by atoms with Crippen LogP contribution >= 0.6 is 0 Å². The van der Waals surface area contributed by atoms with E-state index in [2.05, 4.69) is 5.32 Å². The molecule has 5 heteroatoms. The highest BCUT2D eigenvalue weighted by Gasteiger charge is 2.15. The van der Waals surface area contributed by atoms with Crippen LogP contribution in [0.3, 0.4) is 0 Å². The Morgan fingerprint density at radius 1 is 1.26 bits per heavy atom. The fourth-order valence-corrected chi connectivity index (χ4v) is 1.33. The quantitative estimate of drug-likeness (QED) is 0.804. The molecule has 0 heterocycles. The van der Waals surface area contributed by atoms with E-state index in [0.29, 0.717) is 18.8 Å². The number of amides is 1. The van der Waals surface area contributed by atoms with Crippen LogP contribution in [0.2, 0.25) is 0 Å². The van der Waals surface area contributed by atoms with Gasteiger partial charge >= 0.3 is 6.09 Å². The van der Waals surface area contributed by atoms with Gasteiger partial charge < -0.3 is 15.2 Å². The molecule has 0 saturated heterocycles. The van der Waals surface area contributed by atoms with Gasteiger partial charge in [0.15, 0.2) is 0 Å². The molecule has 0 aliphatic carbocycles. The first-order valence-electron chi connectivity index (χ1n) is 6.33. The van der Waals surface area contributed by atoms with Gasteiger partial charge in [0.05, 0.1) is 6.61 Å². The maximum Gasteiger partial charge on any atom is 0.412 e. The molecule has 0 aliphatic rings. The summed E-state index contributed by atoms with van der Waals surface area (Å²) in [6.45, 7) is 6.66. The van der Waals surface area contributed by atoms with Crippen LogP contribution in [0.1, 0.15) is 27.2 Å². The van der Waals surface area contributed by atoms with Crippen LogP contribution < -0.4 is 15.8 Å². The highest BCUT2D eigenvalue weighted by Crippen LogP contribution is 2.17. The largest absolute Gasteiger partial charge is 0.494 e. The normalized spacial score (nSPS) is 10.9. The standard InChI is InChI=1S/C14H22N2O3/c1-14(2,3)19-13(17)16-11-5-7-12(8-6-11)18-10-4-9-15/h5-8H,4,9-10,15H2,1-3H3,(H,16,17). The Balaban J connectivity index is 2.45. The van der Waals surface area contributed by atoms with Gasteiger partial charge in [-0.1, -0.05) is 0 Å². The minimum absolute atomic E-state index is 0.468. The van der Waals surface area contributed by atoms with Crippen LogP contribution in [0.15, 0.2) is 24.3 Å². The van der Waals surface area contributed by atoms with Crippen molar-refractivity contribution >= 4 is 11.8 Å². The number of carbonyl (C=O) groups excluding carboxylic acids is 1. The van der Waals surface area contributed by atoms with E-state index in [1.807, 2.05) is 20.8 Å². The molecule has 19 heavy (non-hydrogen) atoms. The van der Waals surface area contributed by atoms with E-state index < -0.39 is 11.7 Å². The minimum Gasteiger partial charge on any atom is -0.494 e. The number of hydrogen-bond acceptors (Lipinski definition) is 4. The van der Waals surface area contributed by atoms with Crippen molar-refractivity contribution in [2.75, 3.05) is 18.5 Å². The van der Waals surface area contributed by atoms with E-state index in [1.165, 1.54) is 0 Å². The summed E-state index contributed by atoms with van der Waals surface area (Å²) < 4.78 is 10.6. The third-order valence-electron chi connectivity index (χ3n) is 2.12. The lowest BCUT2D eigenvalue weighted by Gasteiger charge is -2.19. The Hall–Kier alpha value is -1.75. The Morgan fingerprint density at radius 3 is 2.42 bits per heavy atom. The molecule has 0 bridgehead atoms. The molecule has 0 spiro atoms. The van der Waals surface area contributed by atoms with E-state index in [9.17, 15) is 4.79 Å². The van der Waals surface area contributed by atoms with Gasteiger partial charge in [-0.25, -0.2) is 4.79 Å². The van der Waals surface area contributed by atoms with Gasteiger partial charge in [0.2, 0.25) is 0 Å². The third kappa shape index (κ3) is 6.67. The topological polar surface area (TPSA) is 73.6 Å². The van der Waals surface area contributed by atoms with Crippen molar-refractivity contribution in [1.82, 2.24) is 0 Å². The zero-order valence-electron chi connectivity index (χ0n) is 11.7. The summed E-state index contributed by atoms with van der Waals surface area (Å²) in [7, 11) is 0. The Bertz CT molecular complexity index is 396. The van der Waals surface area contributed by atoms with E-state index in [4.69, 9.17) is 15.2 Å². The molecule has 0 atom stereocenters. The summed E-state index contributed by atoms with van der Waals surface area (Å²) in [5, 5.41) is 2.66. The molecule has 0 fully saturated rings. The van der Waals surface area contributed by atoms with Gasteiger partial charge in [-0.05, 0) is 58.0 Å². The second kappa shape index (κ2) is 6.99. The number of ether oxygens (including phenoxy) is 2. The zero-order chi connectivity index (χ0) is 14.3. The Kier molecular flexibility index (Phi) is 5.63. The lowest BCUT2D eigenvalue weighted by molar-refractivity contribution is 0.0636. The molecule has 0 saturated carbocycles. The summed E-state index contributed by atoms with van der Waals surface area (Å²) in [6, 6.07) is 7.12. The Labute approximate surface area is 114 Å². The molecule has 3 N–H and O–H groups in total. The first kappa shape index (κ1) is 15.3. The molecule has 1 rings (SSSR count). The zero-order valence-corrected chi connectivity index (χ0v) is 11.7. The van der Waals surface area contributed by atoms with Gasteiger partial charge in [0.25, 0.3) is 0 Å². The predicted octanol–water partition coefficient (Wildman–Crippen LogP) is 2.76. The van der Waals surface area contributed by atoms with Gasteiger partial charge in [0.1, 0.15) is 11.4 Å². The van der Waals surface area contributed by atoms with Crippen molar-refractivity contribution in [1.29, 1.82) is 0 Å². The number of nitrogens with two attached hydrogens (primary N) is 1. The molecule has 1 amide bonds. The molecular formula is C14H22N2O3. The van der Waals surface area contributed by atoms with E-state index >= 15 is 0 Å². The van der Waals surface area contributed by atoms with Crippen LogP contribution in [0.4, 0.5) is 10.5 Å². The molecule has 5 nitrogen and oxygen atoms in total. The molecule has 0 aromatic heterocycles. The number of benzene rings is 1. The van der Waals surface area contributed by atoms with Crippen molar-refractivity contribution in [3.63, 3.8) is 0 Å². The fourth-order valence-electron chi connectivity index (χ4n) is 1.33. The van der Waals surface area contributed by atoms with Crippen molar-refractivity contribution in [2.24, 2.45) is 5.73 Å². The number of rotatable bonds is 5. The maximum atomic E-state index is 11.5. The average molecular weight is 266 g/mol. The van der Waals surface area contributed by atoms with Crippen LogP contribution in [-0.4, -0.2) is 24.8 Å². The van der Waals surface area contributed by atoms with Crippen LogP contribution in [-0.2, 0) is 4.74 Å². The fraction of sp³-hybridized carbons (Fsp3) is 0.500. The highest BCUT2D eigenvalue weighted by molar-refractivity contribution is 5.84. The van der Waals surface area contributed by atoms with Crippen molar-refractivity contribution in [3.8, 4) is 5.75 Å². The molecule has 106 valence electrons. The number of nitrogens with one attached hydrogen (secondary N) is 1. The predicted molar refractivity (Wildman–Crippen MR) is 75.5 cm³/mol. The first-order valence-corrected chi connectivity index (χ1v) is 6.33. The average Bonchev–Trinajstić information content (AvgIpc) is 2.29. The lowest BCUT2D eigenvalue weighted by Crippen LogP contribution is -2.27. The molecule has 0 radical (unpaired) electrons. The van der Waals surface area contributed by atoms with Crippen LogP contribution in [0.5, 0.6) is 5.75 Å². The molecule has 1 aromatic carbocycles. The van der Waals surface area contributed by atoms with Gasteiger partial charge in [-0.2, -0.15) is 0 Å². The van der Waals surface area contributed by atoms with E-state index in [-0.39, 0.29) is 0 Å². The summed E-state index contributed by atoms with van der Waals surface area (Å²) in [5.41, 5.74) is 5.54. The molecule has 0 unspecified atom stereocenters. The third-order valence-corrected chi connectivity index (χ3v) is 2.12. The van der Waals surface area contributed by atoms with E-state index in [0.717, 1.165) is 12.2 Å².